The van der Waals surface area contributed by atoms with E-state index in [1.54, 1.807) is 11.3 Å². The van der Waals surface area contributed by atoms with Crippen molar-refractivity contribution in [2.45, 2.75) is 39.3 Å². The van der Waals surface area contributed by atoms with E-state index < -0.39 is 0 Å². The molecule has 0 spiro atoms. The number of rotatable bonds is 6. The van der Waals surface area contributed by atoms with Crippen molar-refractivity contribution in [1.82, 2.24) is 14.8 Å². The van der Waals surface area contributed by atoms with E-state index in [4.69, 9.17) is 0 Å². The number of anilines is 1. The lowest BCUT2D eigenvalue weighted by molar-refractivity contribution is -0.113. The lowest BCUT2D eigenvalue weighted by atomic mass is 10.1. The van der Waals surface area contributed by atoms with Crippen LogP contribution in [0.3, 0.4) is 0 Å². The van der Waals surface area contributed by atoms with E-state index in [-0.39, 0.29) is 5.91 Å². The molecule has 0 aliphatic heterocycles. The maximum atomic E-state index is 12.3. The molecule has 0 saturated heterocycles. The fraction of sp³-hybridized carbons (Fsp3) is 0.350. The normalized spacial score (nSPS) is 11.0. The predicted molar refractivity (Wildman–Crippen MR) is 114 cm³/mol. The number of carbonyl (C=O) groups excluding carboxylic acids is 1. The van der Waals surface area contributed by atoms with Crippen LogP contribution in [0.2, 0.25) is 0 Å². The first-order chi connectivity index (χ1) is 12.9. The molecule has 0 saturated carbocycles. The summed E-state index contributed by atoms with van der Waals surface area (Å²) in [5.41, 5.74) is 5.56. The average Bonchev–Trinajstić information content (AvgIpc) is 3.17. The first-order valence-corrected chi connectivity index (χ1v) is 10.7. The minimum absolute atomic E-state index is 0.0443. The molecule has 0 aliphatic carbocycles. The molecule has 142 valence electrons. The average molecular weight is 401 g/mol. The van der Waals surface area contributed by atoms with Crippen LogP contribution in [-0.4, -0.2) is 26.4 Å². The highest BCUT2D eigenvalue weighted by molar-refractivity contribution is 7.99. The molecule has 0 aliphatic rings. The molecule has 1 N–H and O–H groups in total. The van der Waals surface area contributed by atoms with Gasteiger partial charge in [0.1, 0.15) is 0 Å². The Hall–Kier alpha value is -2.12. The minimum atomic E-state index is -0.0443. The zero-order valence-corrected chi connectivity index (χ0v) is 17.9. The van der Waals surface area contributed by atoms with Gasteiger partial charge in [0, 0.05) is 28.6 Å². The lowest BCUT2D eigenvalue weighted by Crippen LogP contribution is -2.15. The summed E-state index contributed by atoms with van der Waals surface area (Å²) < 4.78 is 1.97. The van der Waals surface area contributed by atoms with Gasteiger partial charge in [-0.25, -0.2) is 0 Å². The van der Waals surface area contributed by atoms with Gasteiger partial charge in [-0.3, -0.25) is 4.79 Å². The summed E-state index contributed by atoms with van der Waals surface area (Å²) >= 11 is 3.14. The monoisotopic (exact) mass is 400 g/mol. The van der Waals surface area contributed by atoms with Gasteiger partial charge in [-0.05, 0) is 44.4 Å². The molecule has 0 bridgehead atoms. The predicted octanol–water partition coefficient (Wildman–Crippen LogP) is 4.76. The third kappa shape index (κ3) is 4.25. The zero-order valence-electron chi connectivity index (χ0n) is 16.3. The van der Waals surface area contributed by atoms with Gasteiger partial charge in [0.2, 0.25) is 5.91 Å². The number of nitrogens with one attached hydrogen (secondary N) is 1. The maximum absolute atomic E-state index is 12.3. The Morgan fingerprint density at radius 1 is 1.26 bits per heavy atom. The van der Waals surface area contributed by atoms with E-state index in [0.717, 1.165) is 34.2 Å². The molecule has 0 unspecified atom stereocenters. The van der Waals surface area contributed by atoms with Crippen LogP contribution in [0.4, 0.5) is 5.69 Å². The Morgan fingerprint density at radius 3 is 2.74 bits per heavy atom. The molecule has 3 rings (SSSR count). The molecule has 2 heterocycles. The van der Waals surface area contributed by atoms with Crippen LogP contribution in [0, 0.1) is 20.8 Å². The van der Waals surface area contributed by atoms with Crippen LogP contribution >= 0.6 is 23.1 Å². The summed E-state index contributed by atoms with van der Waals surface area (Å²) in [5, 5.41) is 14.5. The number of aryl methyl sites for hydroxylation is 3. The lowest BCUT2D eigenvalue weighted by Gasteiger charge is -2.09. The molecule has 7 heteroatoms. The maximum Gasteiger partial charge on any atom is 0.234 e. The first kappa shape index (κ1) is 19.6. The van der Waals surface area contributed by atoms with Gasteiger partial charge in [-0.15, -0.1) is 21.5 Å². The number of thioether (sulfide) groups is 1. The molecular formula is C20H24N4OS2. The van der Waals surface area contributed by atoms with Gasteiger partial charge in [-0.2, -0.15) is 0 Å². The Bertz CT molecular complexity index is 975. The standard InChI is InChI=1S/C20H24N4OS2/c1-6-15-14(4)26-10-16(15)19-22-23-20(24(19)5)27-11-18(25)21-17-8-7-12(2)9-13(17)3/h7-10H,6,11H2,1-5H3,(H,21,25). The van der Waals surface area contributed by atoms with E-state index in [2.05, 4.69) is 40.8 Å². The zero-order chi connectivity index (χ0) is 19.6. The minimum Gasteiger partial charge on any atom is -0.325 e. The van der Waals surface area contributed by atoms with Crippen LogP contribution in [0.15, 0.2) is 28.7 Å². The fourth-order valence-electron chi connectivity index (χ4n) is 3.05. The van der Waals surface area contributed by atoms with Crippen molar-refractivity contribution in [3.8, 4) is 11.4 Å². The first-order valence-electron chi connectivity index (χ1n) is 8.87. The number of benzene rings is 1. The highest BCUT2D eigenvalue weighted by Gasteiger charge is 2.17. The number of carbonyl (C=O) groups is 1. The summed E-state index contributed by atoms with van der Waals surface area (Å²) in [4.78, 5) is 13.6. The third-order valence-corrected chi connectivity index (χ3v) is 6.50. The number of nitrogens with zero attached hydrogens (tertiary/aromatic N) is 3. The fourth-order valence-corrected chi connectivity index (χ4v) is 4.70. The third-order valence-electron chi connectivity index (χ3n) is 4.52. The molecule has 3 aromatic rings. The van der Waals surface area contributed by atoms with Crippen molar-refractivity contribution in [2.24, 2.45) is 7.05 Å². The van der Waals surface area contributed by atoms with Crippen molar-refractivity contribution >= 4 is 34.7 Å². The Morgan fingerprint density at radius 2 is 2.04 bits per heavy atom. The van der Waals surface area contributed by atoms with Gasteiger partial charge in [0.25, 0.3) is 0 Å². The summed E-state index contributed by atoms with van der Waals surface area (Å²) in [5.74, 6) is 1.10. The van der Waals surface area contributed by atoms with Crippen LogP contribution < -0.4 is 5.32 Å². The smallest absolute Gasteiger partial charge is 0.234 e. The van der Waals surface area contributed by atoms with E-state index in [9.17, 15) is 4.79 Å². The molecular weight excluding hydrogens is 376 g/mol. The van der Waals surface area contributed by atoms with E-state index in [1.807, 2.05) is 37.6 Å². The van der Waals surface area contributed by atoms with Crippen LogP contribution in [0.1, 0.15) is 28.5 Å². The quantitative estimate of drug-likeness (QED) is 0.606. The molecule has 0 atom stereocenters. The number of aromatic nitrogens is 3. The summed E-state index contributed by atoms with van der Waals surface area (Å²) in [6.45, 7) is 8.33. The van der Waals surface area contributed by atoms with Gasteiger partial charge in [0.15, 0.2) is 11.0 Å². The highest BCUT2D eigenvalue weighted by atomic mass is 32.2. The van der Waals surface area contributed by atoms with Crippen molar-refractivity contribution in [3.63, 3.8) is 0 Å². The van der Waals surface area contributed by atoms with Crippen LogP contribution in [0.5, 0.6) is 0 Å². The molecule has 2 aromatic heterocycles. The van der Waals surface area contributed by atoms with Crippen LogP contribution in [-0.2, 0) is 18.3 Å². The molecule has 0 fully saturated rings. The van der Waals surface area contributed by atoms with Crippen LogP contribution in [0.25, 0.3) is 11.4 Å². The molecule has 27 heavy (non-hydrogen) atoms. The van der Waals surface area contributed by atoms with Gasteiger partial charge < -0.3 is 9.88 Å². The number of thiophene rings is 1. The number of hydrogen-bond donors (Lipinski definition) is 1. The molecule has 5 nitrogen and oxygen atoms in total. The largest absolute Gasteiger partial charge is 0.325 e. The molecule has 1 aromatic carbocycles. The van der Waals surface area contributed by atoms with E-state index in [1.165, 1.54) is 27.8 Å². The van der Waals surface area contributed by atoms with E-state index in [0.29, 0.717) is 5.75 Å². The Balaban J connectivity index is 1.68. The van der Waals surface area contributed by atoms with Gasteiger partial charge >= 0.3 is 0 Å². The second kappa shape index (κ2) is 8.27. The summed E-state index contributed by atoms with van der Waals surface area (Å²) in [7, 11) is 1.95. The van der Waals surface area contributed by atoms with Crippen molar-refractivity contribution < 1.29 is 4.79 Å². The summed E-state index contributed by atoms with van der Waals surface area (Å²) in [6.07, 6.45) is 0.971. The number of hydrogen-bond acceptors (Lipinski definition) is 5. The topological polar surface area (TPSA) is 59.8 Å². The van der Waals surface area contributed by atoms with Gasteiger partial charge in [-0.1, -0.05) is 36.4 Å². The highest BCUT2D eigenvalue weighted by Crippen LogP contribution is 2.32. The second-order valence-corrected chi connectivity index (χ2v) is 8.58. The van der Waals surface area contributed by atoms with Crippen molar-refractivity contribution in [1.29, 1.82) is 0 Å². The SMILES string of the molecule is CCc1c(-c2nnc(SCC(=O)Nc3ccc(C)cc3C)n2C)csc1C. The van der Waals surface area contributed by atoms with Crippen molar-refractivity contribution in [3.05, 3.63) is 45.1 Å². The molecule has 1 amide bonds. The second-order valence-electron chi connectivity index (χ2n) is 6.56. The Kier molecular flexibility index (Phi) is 6.01. The Labute approximate surface area is 168 Å². The number of amides is 1. The van der Waals surface area contributed by atoms with Crippen molar-refractivity contribution in [2.75, 3.05) is 11.1 Å². The van der Waals surface area contributed by atoms with Gasteiger partial charge in [0.05, 0.1) is 5.75 Å². The summed E-state index contributed by atoms with van der Waals surface area (Å²) in [6, 6.07) is 6.00. The molecule has 0 radical (unpaired) electrons. The van der Waals surface area contributed by atoms with E-state index >= 15 is 0 Å².